The first-order valence-electron chi connectivity index (χ1n) is 8.18. The first kappa shape index (κ1) is 17.5. The second kappa shape index (κ2) is 7.27. The second-order valence-corrected chi connectivity index (χ2v) is 6.32. The van der Waals surface area contributed by atoms with Gasteiger partial charge in [0.1, 0.15) is 5.82 Å². The summed E-state index contributed by atoms with van der Waals surface area (Å²) >= 11 is 0. The summed E-state index contributed by atoms with van der Waals surface area (Å²) in [5.41, 5.74) is 1.42. The fraction of sp³-hybridized carbons (Fsp3) is 0.316. The number of nitrogens with one attached hydrogen (secondary N) is 2. The summed E-state index contributed by atoms with van der Waals surface area (Å²) in [7, 11) is 0. The highest BCUT2D eigenvalue weighted by Gasteiger charge is 2.28. The SMILES string of the molecule is Cc1cc(C(=O)NC2CNCCC2c2ccc(F)c(F)c2)ccc1F. The molecule has 2 aromatic rings. The number of benzene rings is 2. The lowest BCUT2D eigenvalue weighted by Gasteiger charge is -2.33. The molecule has 1 aliphatic heterocycles. The van der Waals surface area contributed by atoms with Crippen molar-refractivity contribution < 1.29 is 18.0 Å². The van der Waals surface area contributed by atoms with Crippen LogP contribution in [0.5, 0.6) is 0 Å². The zero-order chi connectivity index (χ0) is 18.0. The maximum absolute atomic E-state index is 13.6. The average molecular weight is 348 g/mol. The molecule has 3 nitrogen and oxygen atoms in total. The van der Waals surface area contributed by atoms with E-state index in [1.165, 1.54) is 24.3 Å². The van der Waals surface area contributed by atoms with Gasteiger partial charge in [-0.05, 0) is 61.3 Å². The quantitative estimate of drug-likeness (QED) is 0.894. The number of carbonyl (C=O) groups is 1. The monoisotopic (exact) mass is 348 g/mol. The lowest BCUT2D eigenvalue weighted by Crippen LogP contribution is -2.50. The average Bonchev–Trinajstić information content (AvgIpc) is 2.60. The molecule has 3 rings (SSSR count). The third kappa shape index (κ3) is 3.85. The van der Waals surface area contributed by atoms with Crippen molar-refractivity contribution in [2.45, 2.75) is 25.3 Å². The molecule has 0 aliphatic carbocycles. The van der Waals surface area contributed by atoms with Gasteiger partial charge in [0.15, 0.2) is 11.6 Å². The van der Waals surface area contributed by atoms with Crippen LogP contribution in [0, 0.1) is 24.4 Å². The van der Waals surface area contributed by atoms with Crippen molar-refractivity contribution in [2.24, 2.45) is 0 Å². The molecule has 2 aromatic carbocycles. The predicted octanol–water partition coefficient (Wildman–Crippen LogP) is 3.29. The van der Waals surface area contributed by atoms with Gasteiger partial charge in [0, 0.05) is 24.1 Å². The maximum Gasteiger partial charge on any atom is 0.251 e. The largest absolute Gasteiger partial charge is 0.347 e. The summed E-state index contributed by atoms with van der Waals surface area (Å²) in [6.07, 6.45) is 0.693. The summed E-state index contributed by atoms with van der Waals surface area (Å²) in [6, 6.07) is 7.76. The molecule has 2 atom stereocenters. The van der Waals surface area contributed by atoms with Gasteiger partial charge in [-0.3, -0.25) is 4.79 Å². The predicted molar refractivity (Wildman–Crippen MR) is 89.0 cm³/mol. The summed E-state index contributed by atoms with van der Waals surface area (Å²) in [5.74, 6) is -2.59. The number of piperidine rings is 1. The lowest BCUT2D eigenvalue weighted by molar-refractivity contribution is 0.0924. The molecule has 0 aromatic heterocycles. The van der Waals surface area contributed by atoms with Crippen LogP contribution in [0.2, 0.25) is 0 Å². The zero-order valence-electron chi connectivity index (χ0n) is 13.8. The molecule has 0 spiro atoms. The molecule has 2 N–H and O–H groups in total. The van der Waals surface area contributed by atoms with Crippen molar-refractivity contribution in [3.8, 4) is 0 Å². The van der Waals surface area contributed by atoms with Crippen LogP contribution in [0.15, 0.2) is 36.4 Å². The molecular formula is C19H19F3N2O. The van der Waals surface area contributed by atoms with Gasteiger partial charge in [-0.1, -0.05) is 6.07 Å². The van der Waals surface area contributed by atoms with Gasteiger partial charge in [-0.2, -0.15) is 0 Å². The Kier molecular flexibility index (Phi) is 5.08. The standard InChI is InChI=1S/C19H19F3N2O/c1-11-8-13(3-4-15(11)20)19(25)24-18-10-23-7-6-14(18)12-2-5-16(21)17(22)9-12/h2-5,8-9,14,18,23H,6-7,10H2,1H3,(H,24,25). The Balaban J connectivity index is 1.79. The Morgan fingerprint density at radius 2 is 1.84 bits per heavy atom. The van der Waals surface area contributed by atoms with E-state index >= 15 is 0 Å². The highest BCUT2D eigenvalue weighted by Crippen LogP contribution is 2.27. The molecule has 0 saturated carbocycles. The first-order chi connectivity index (χ1) is 12.0. The van der Waals surface area contributed by atoms with E-state index in [0.29, 0.717) is 29.7 Å². The van der Waals surface area contributed by atoms with E-state index in [0.717, 1.165) is 12.6 Å². The van der Waals surface area contributed by atoms with Gasteiger partial charge < -0.3 is 10.6 Å². The lowest BCUT2D eigenvalue weighted by atomic mass is 9.85. The third-order valence-electron chi connectivity index (χ3n) is 4.59. The van der Waals surface area contributed by atoms with E-state index < -0.39 is 11.6 Å². The van der Waals surface area contributed by atoms with Gasteiger partial charge in [0.2, 0.25) is 0 Å². The minimum absolute atomic E-state index is 0.123. The van der Waals surface area contributed by atoms with Crippen molar-refractivity contribution in [3.05, 3.63) is 70.5 Å². The van der Waals surface area contributed by atoms with Crippen molar-refractivity contribution in [3.63, 3.8) is 0 Å². The van der Waals surface area contributed by atoms with Gasteiger partial charge in [-0.25, -0.2) is 13.2 Å². The topological polar surface area (TPSA) is 41.1 Å². The fourth-order valence-corrected chi connectivity index (χ4v) is 3.19. The molecule has 1 saturated heterocycles. The van der Waals surface area contributed by atoms with Crippen LogP contribution < -0.4 is 10.6 Å². The van der Waals surface area contributed by atoms with E-state index in [1.807, 2.05) is 0 Å². The molecule has 6 heteroatoms. The van der Waals surface area contributed by atoms with Crippen molar-refractivity contribution in [1.82, 2.24) is 10.6 Å². The Bertz CT molecular complexity index is 794. The number of aryl methyl sites for hydroxylation is 1. The van der Waals surface area contributed by atoms with Crippen LogP contribution in [0.4, 0.5) is 13.2 Å². The Morgan fingerprint density at radius 3 is 2.56 bits per heavy atom. The van der Waals surface area contributed by atoms with Crippen molar-refractivity contribution >= 4 is 5.91 Å². The van der Waals surface area contributed by atoms with Crippen LogP contribution in [0.1, 0.15) is 33.8 Å². The number of carbonyl (C=O) groups excluding carboxylic acids is 1. The minimum Gasteiger partial charge on any atom is -0.347 e. The summed E-state index contributed by atoms with van der Waals surface area (Å²) in [5, 5.41) is 6.12. The molecule has 1 fully saturated rings. The highest BCUT2D eigenvalue weighted by molar-refractivity contribution is 5.94. The number of hydrogen-bond donors (Lipinski definition) is 2. The zero-order valence-corrected chi connectivity index (χ0v) is 13.8. The molecule has 1 aliphatic rings. The summed E-state index contributed by atoms with van der Waals surface area (Å²) in [4.78, 5) is 12.5. The van der Waals surface area contributed by atoms with E-state index in [2.05, 4.69) is 10.6 Å². The molecule has 25 heavy (non-hydrogen) atoms. The van der Waals surface area contributed by atoms with Crippen LogP contribution in [0.3, 0.4) is 0 Å². The van der Waals surface area contributed by atoms with Crippen molar-refractivity contribution in [1.29, 1.82) is 0 Å². The van der Waals surface area contributed by atoms with E-state index in [9.17, 15) is 18.0 Å². The Morgan fingerprint density at radius 1 is 1.08 bits per heavy atom. The number of amides is 1. The molecule has 1 heterocycles. The second-order valence-electron chi connectivity index (χ2n) is 6.32. The molecule has 2 unspecified atom stereocenters. The molecule has 0 radical (unpaired) electrons. The normalized spacial score (nSPS) is 20.3. The minimum atomic E-state index is -0.893. The number of rotatable bonds is 3. The summed E-state index contributed by atoms with van der Waals surface area (Å²) in [6.45, 7) is 2.85. The Labute approximate surface area is 144 Å². The smallest absolute Gasteiger partial charge is 0.251 e. The highest BCUT2D eigenvalue weighted by atomic mass is 19.2. The number of hydrogen-bond acceptors (Lipinski definition) is 2. The van der Waals surface area contributed by atoms with Crippen LogP contribution in [-0.4, -0.2) is 25.0 Å². The first-order valence-corrected chi connectivity index (χ1v) is 8.18. The van der Waals surface area contributed by atoms with Crippen LogP contribution >= 0.6 is 0 Å². The fourth-order valence-electron chi connectivity index (χ4n) is 3.19. The molecular weight excluding hydrogens is 329 g/mol. The van der Waals surface area contributed by atoms with Gasteiger partial charge in [0.05, 0.1) is 0 Å². The van der Waals surface area contributed by atoms with Gasteiger partial charge in [-0.15, -0.1) is 0 Å². The maximum atomic E-state index is 13.6. The summed E-state index contributed by atoms with van der Waals surface area (Å²) < 4.78 is 40.1. The third-order valence-corrected chi connectivity index (χ3v) is 4.59. The van der Waals surface area contributed by atoms with Gasteiger partial charge in [0.25, 0.3) is 5.91 Å². The van der Waals surface area contributed by atoms with Gasteiger partial charge >= 0.3 is 0 Å². The number of halogens is 3. The van der Waals surface area contributed by atoms with Crippen molar-refractivity contribution in [2.75, 3.05) is 13.1 Å². The molecule has 0 bridgehead atoms. The van der Waals surface area contributed by atoms with E-state index in [-0.39, 0.29) is 23.7 Å². The van der Waals surface area contributed by atoms with Crippen LogP contribution in [0.25, 0.3) is 0 Å². The molecule has 132 valence electrons. The van der Waals surface area contributed by atoms with E-state index in [4.69, 9.17) is 0 Å². The van der Waals surface area contributed by atoms with E-state index in [1.54, 1.807) is 13.0 Å². The molecule has 1 amide bonds. The Hall–Kier alpha value is -2.34. The van der Waals surface area contributed by atoms with Crippen LogP contribution in [-0.2, 0) is 0 Å².